The summed E-state index contributed by atoms with van der Waals surface area (Å²) >= 11 is 0. The number of fused-ring (bicyclic) bond motifs is 12. The lowest BCUT2D eigenvalue weighted by molar-refractivity contribution is 0.591. The molecular weight excluding hydrogens is 945 g/mol. The minimum atomic E-state index is -0.727. The first-order valence-electron chi connectivity index (χ1n) is 34.1. The summed E-state index contributed by atoms with van der Waals surface area (Å²) in [5.74, 6) is 0. The lowest BCUT2D eigenvalue weighted by atomic mass is 9.86. The average Bonchev–Trinajstić information content (AvgIpc) is 1.51. The van der Waals surface area contributed by atoms with Gasteiger partial charge < -0.3 is 18.6 Å². The standard InChI is InChI=1S/C74H58N4/c1-73(2,3)51-31-39-63-61(43-51)69-65(75(53-23-15-9-16-24-53)55-33-27-49(28-34-55)47-19-11-7-12-20-47)41-37-57-59-46-68-60(45-67(59)77(63)71(57)69)58-38-42-66(70-62-44-52(74(4,5)6)32-40-64(62)78(68)72(58)70)76(54-25-17-10-18-26-54)56-35-29-50(30-36-56)48-21-13-8-14-22-48/h7-46H,1-6H3/i7D,8D,11D,12D,13D,14D,19D,20D,21D,22D,31D,32D,39D,40D,43D,44D. The molecule has 0 aliphatic heterocycles. The second-order valence-corrected chi connectivity index (χ2v) is 22.2. The van der Waals surface area contributed by atoms with Gasteiger partial charge in [0.2, 0.25) is 0 Å². The molecule has 0 atom stereocenters. The molecule has 0 amide bonds. The van der Waals surface area contributed by atoms with Crippen LogP contribution in [0, 0.1) is 0 Å². The monoisotopic (exact) mass is 1020 g/mol. The molecule has 15 rings (SSSR count). The maximum absolute atomic E-state index is 10.3. The van der Waals surface area contributed by atoms with E-state index >= 15 is 0 Å². The minimum absolute atomic E-state index is 0.0580. The first-order chi connectivity index (χ1) is 44.6. The summed E-state index contributed by atoms with van der Waals surface area (Å²) < 4.78 is 150. The molecule has 0 aliphatic carbocycles. The van der Waals surface area contributed by atoms with Crippen LogP contribution in [0.3, 0.4) is 0 Å². The zero-order chi connectivity index (χ0) is 66.5. The van der Waals surface area contributed by atoms with E-state index in [1.165, 1.54) is 0 Å². The van der Waals surface area contributed by atoms with Gasteiger partial charge in [0.05, 0.1) is 66.4 Å². The molecule has 0 fully saturated rings. The van der Waals surface area contributed by atoms with Gasteiger partial charge in [-0.3, -0.25) is 0 Å². The number of para-hydroxylation sites is 2. The highest BCUT2D eigenvalue weighted by Gasteiger charge is 2.30. The van der Waals surface area contributed by atoms with Crippen molar-refractivity contribution in [3.8, 4) is 22.3 Å². The van der Waals surface area contributed by atoms with Gasteiger partial charge in [-0.1, -0.05) is 187 Å². The highest BCUT2D eigenvalue weighted by molar-refractivity contribution is 6.32. The lowest BCUT2D eigenvalue weighted by Crippen LogP contribution is -2.11. The Morgan fingerprint density at radius 2 is 0.705 bits per heavy atom. The molecule has 0 saturated heterocycles. The molecule has 11 aromatic carbocycles. The predicted octanol–water partition coefficient (Wildman–Crippen LogP) is 20.9. The van der Waals surface area contributed by atoms with Gasteiger partial charge in [-0.2, -0.15) is 0 Å². The van der Waals surface area contributed by atoms with Gasteiger partial charge in [0.1, 0.15) is 0 Å². The lowest BCUT2D eigenvalue weighted by Gasteiger charge is -2.27. The maximum Gasteiger partial charge on any atom is 0.0645 e. The topological polar surface area (TPSA) is 15.3 Å². The Balaban J connectivity index is 1.04. The highest BCUT2D eigenvalue weighted by Crippen LogP contribution is 2.52. The SMILES string of the molecule is [2H]c1c([2H])c([2H])c(-c2ccc(N(c3ccccc3)c3ccc4c5cc6c(cc5n5c7c([2H])c([2H])c(C(C)(C)C)c([2H])c7c3c45)c3ccc(N(c4ccccc4)c4ccc(-c5c([2H])c([2H])c([2H])c([2H])c5[2H])cc4)c4c5c([2H])c(C(C)(C)C)c([2H])c([2H])c5n6c34)cc2)c([2H])c1[2H]. The molecule has 78 heavy (non-hydrogen) atoms. The van der Waals surface area contributed by atoms with Gasteiger partial charge in [0.15, 0.2) is 0 Å². The number of nitrogens with zero attached hydrogens (tertiary/aromatic N) is 4. The van der Waals surface area contributed by atoms with Crippen molar-refractivity contribution in [2.75, 3.05) is 9.80 Å². The summed E-state index contributed by atoms with van der Waals surface area (Å²) in [5.41, 5.74) is 7.95. The van der Waals surface area contributed by atoms with Crippen LogP contribution in [-0.2, 0) is 10.8 Å². The van der Waals surface area contributed by atoms with Crippen molar-refractivity contribution in [1.29, 1.82) is 0 Å². The van der Waals surface area contributed by atoms with Crippen LogP contribution < -0.4 is 9.80 Å². The van der Waals surface area contributed by atoms with Crippen LogP contribution in [0.2, 0.25) is 0 Å². The summed E-state index contributed by atoms with van der Waals surface area (Å²) in [5, 5.41) is 5.33. The van der Waals surface area contributed by atoms with Crippen LogP contribution >= 0.6 is 0 Å². The van der Waals surface area contributed by atoms with Gasteiger partial charge in [-0.25, -0.2) is 0 Å². The smallest absolute Gasteiger partial charge is 0.0645 e. The van der Waals surface area contributed by atoms with Crippen molar-refractivity contribution in [3.63, 3.8) is 0 Å². The quantitative estimate of drug-likeness (QED) is 0.151. The normalized spacial score (nSPS) is 15.4. The van der Waals surface area contributed by atoms with Gasteiger partial charge in [0.25, 0.3) is 0 Å². The predicted molar refractivity (Wildman–Crippen MR) is 333 cm³/mol. The minimum Gasteiger partial charge on any atom is -0.310 e. The molecule has 0 spiro atoms. The van der Waals surface area contributed by atoms with E-state index < -0.39 is 47.1 Å². The Labute approximate surface area is 477 Å². The first kappa shape index (κ1) is 32.3. The zero-order valence-corrected chi connectivity index (χ0v) is 43.6. The van der Waals surface area contributed by atoms with Crippen molar-refractivity contribution in [1.82, 2.24) is 8.80 Å². The number of benzene rings is 11. The number of hydrogen-bond acceptors (Lipinski definition) is 2. The van der Waals surface area contributed by atoms with Gasteiger partial charge >= 0.3 is 0 Å². The number of hydrogen-bond donors (Lipinski definition) is 0. The van der Waals surface area contributed by atoms with E-state index in [9.17, 15) is 8.22 Å². The third-order valence-corrected chi connectivity index (χ3v) is 15.3. The molecule has 0 N–H and O–H groups in total. The van der Waals surface area contributed by atoms with Crippen LogP contribution in [0.5, 0.6) is 0 Å². The van der Waals surface area contributed by atoms with Crippen molar-refractivity contribution < 1.29 is 21.9 Å². The number of anilines is 6. The highest BCUT2D eigenvalue weighted by atomic mass is 15.2. The summed E-state index contributed by atoms with van der Waals surface area (Å²) in [6.45, 7) is 11.7. The van der Waals surface area contributed by atoms with E-state index in [4.69, 9.17) is 13.7 Å². The van der Waals surface area contributed by atoms with Crippen molar-refractivity contribution in [2.24, 2.45) is 0 Å². The Morgan fingerprint density at radius 1 is 0.333 bits per heavy atom. The molecule has 0 saturated carbocycles. The fraction of sp³-hybridized carbons (Fsp3) is 0.108. The molecule has 4 heteroatoms. The molecule has 0 bridgehead atoms. The van der Waals surface area contributed by atoms with E-state index in [0.29, 0.717) is 99.6 Å². The molecule has 4 aromatic heterocycles. The molecular formula is C74H58N4. The molecule has 4 nitrogen and oxygen atoms in total. The second-order valence-electron chi connectivity index (χ2n) is 22.2. The summed E-state index contributed by atoms with van der Waals surface area (Å²) in [6.07, 6.45) is 0. The molecule has 374 valence electrons. The Morgan fingerprint density at radius 3 is 1.08 bits per heavy atom. The average molecular weight is 1020 g/mol. The van der Waals surface area contributed by atoms with E-state index in [-0.39, 0.29) is 71.6 Å². The second kappa shape index (κ2) is 17.1. The van der Waals surface area contributed by atoms with Crippen molar-refractivity contribution >= 4 is 110 Å². The van der Waals surface area contributed by atoms with E-state index in [0.717, 1.165) is 32.9 Å². The van der Waals surface area contributed by atoms with Crippen molar-refractivity contribution in [2.45, 2.75) is 52.4 Å². The molecule has 15 aromatic rings. The summed E-state index contributed by atoms with van der Waals surface area (Å²) in [7, 11) is 0. The molecule has 0 radical (unpaired) electrons. The number of aromatic nitrogens is 2. The van der Waals surface area contributed by atoms with Gasteiger partial charge in [-0.15, -0.1) is 0 Å². The summed E-state index contributed by atoms with van der Waals surface area (Å²) in [4.78, 5) is 4.10. The zero-order valence-electron chi connectivity index (χ0n) is 59.6. The van der Waals surface area contributed by atoms with Gasteiger partial charge in [-0.05, 0) is 141 Å². The largest absolute Gasteiger partial charge is 0.310 e. The van der Waals surface area contributed by atoms with Gasteiger partial charge in [0, 0.05) is 65.8 Å². The maximum atomic E-state index is 10.3. The third kappa shape index (κ3) is 6.99. The van der Waals surface area contributed by atoms with E-state index in [2.05, 4.69) is 21.9 Å². The molecule has 0 unspecified atom stereocenters. The van der Waals surface area contributed by atoms with Crippen LogP contribution in [0.15, 0.2) is 242 Å². The van der Waals surface area contributed by atoms with E-state index in [1.54, 1.807) is 24.3 Å². The van der Waals surface area contributed by atoms with Crippen LogP contribution in [-0.4, -0.2) is 8.80 Å². The fourth-order valence-electron chi connectivity index (χ4n) is 11.6. The third-order valence-electron chi connectivity index (χ3n) is 15.3. The molecule has 0 aliphatic rings. The first-order valence-corrected chi connectivity index (χ1v) is 26.1. The fourth-order valence-corrected chi connectivity index (χ4v) is 11.6. The Hall–Kier alpha value is -9.38. The van der Waals surface area contributed by atoms with Crippen LogP contribution in [0.1, 0.15) is 74.6 Å². The molecule has 4 heterocycles. The summed E-state index contributed by atoms with van der Waals surface area (Å²) in [6, 6.07) is 41.9. The van der Waals surface area contributed by atoms with Crippen LogP contribution in [0.4, 0.5) is 34.1 Å². The van der Waals surface area contributed by atoms with E-state index in [1.807, 2.05) is 160 Å². The number of rotatable bonds is 8. The Kier molecular flexibility index (Phi) is 7.06. The van der Waals surface area contributed by atoms with Crippen LogP contribution in [0.25, 0.3) is 98.4 Å². The Bertz CT molecular complexity index is 5340. The van der Waals surface area contributed by atoms with Crippen molar-refractivity contribution in [3.05, 3.63) is 253 Å².